The van der Waals surface area contributed by atoms with E-state index in [0.29, 0.717) is 6.54 Å². The highest BCUT2D eigenvalue weighted by molar-refractivity contribution is 5.86. The number of morpholine rings is 1. The fourth-order valence-corrected chi connectivity index (χ4v) is 4.38. The number of likely N-dealkylation sites (tertiary alicyclic amines) is 1. The van der Waals surface area contributed by atoms with Crippen molar-refractivity contribution in [1.82, 2.24) is 14.7 Å². The van der Waals surface area contributed by atoms with Crippen LogP contribution < -0.4 is 4.74 Å². The van der Waals surface area contributed by atoms with Gasteiger partial charge in [-0.3, -0.25) is 9.59 Å². The van der Waals surface area contributed by atoms with Crippen LogP contribution in [0.2, 0.25) is 0 Å². The Morgan fingerprint density at radius 2 is 1.90 bits per heavy atom. The summed E-state index contributed by atoms with van der Waals surface area (Å²) in [4.78, 5) is 32.0. The van der Waals surface area contributed by atoms with E-state index in [9.17, 15) is 9.59 Å². The third-order valence-corrected chi connectivity index (χ3v) is 6.23. The van der Waals surface area contributed by atoms with Crippen molar-refractivity contribution in [3.63, 3.8) is 0 Å². The van der Waals surface area contributed by atoms with Crippen LogP contribution in [0.25, 0.3) is 0 Å². The quantitative estimate of drug-likeness (QED) is 0.696. The Hall–Kier alpha value is -2.12. The summed E-state index contributed by atoms with van der Waals surface area (Å²) in [6, 6.07) is 7.44. The van der Waals surface area contributed by atoms with E-state index in [0.717, 1.165) is 43.8 Å². The Kier molecular flexibility index (Phi) is 6.06. The standard InChI is InChI=1S/C22H31N3O4/c1-23(13-14-24-11-3-4-12-24)22(27)21-20(16-5-9-18(28-2)10-6-16)25(17-7-8-17)19(26)15-29-21/h5-6,9-10,17,20-21H,3-4,7-8,11-15H2,1-2H3/t20-,21+/m1/s1. The Morgan fingerprint density at radius 3 is 2.52 bits per heavy atom. The Morgan fingerprint density at radius 1 is 1.21 bits per heavy atom. The van der Waals surface area contributed by atoms with Crippen molar-refractivity contribution >= 4 is 11.8 Å². The Balaban J connectivity index is 1.53. The number of methoxy groups -OCH3 is 1. The Bertz CT molecular complexity index is 728. The average molecular weight is 402 g/mol. The van der Waals surface area contributed by atoms with Gasteiger partial charge in [0.1, 0.15) is 12.4 Å². The number of amides is 2. The Labute approximate surface area is 172 Å². The SMILES string of the molecule is COc1ccc([C@@H]2[C@@H](C(=O)N(C)CCN3CCCC3)OCC(=O)N2C2CC2)cc1. The van der Waals surface area contributed by atoms with Crippen LogP contribution in [0.1, 0.15) is 37.3 Å². The molecule has 0 radical (unpaired) electrons. The topological polar surface area (TPSA) is 62.3 Å². The molecule has 2 saturated heterocycles. The summed E-state index contributed by atoms with van der Waals surface area (Å²) in [7, 11) is 3.46. The lowest BCUT2D eigenvalue weighted by Crippen LogP contribution is -2.55. The number of likely N-dealkylation sites (N-methyl/N-ethyl adjacent to an activating group) is 1. The minimum absolute atomic E-state index is 0.0282. The number of ether oxygens (including phenoxy) is 2. The highest BCUT2D eigenvalue weighted by Gasteiger charge is 2.48. The predicted molar refractivity (Wildman–Crippen MR) is 109 cm³/mol. The molecule has 2 aliphatic heterocycles. The highest BCUT2D eigenvalue weighted by Crippen LogP contribution is 2.40. The molecular formula is C22H31N3O4. The third kappa shape index (κ3) is 4.41. The van der Waals surface area contributed by atoms with Crippen molar-refractivity contribution in [3.05, 3.63) is 29.8 Å². The summed E-state index contributed by atoms with van der Waals surface area (Å²) in [6.45, 7) is 3.75. The number of carbonyl (C=O) groups is 2. The molecule has 0 N–H and O–H groups in total. The first-order valence-corrected chi connectivity index (χ1v) is 10.6. The molecule has 2 amide bonds. The number of benzene rings is 1. The number of nitrogens with zero attached hydrogens (tertiary/aromatic N) is 3. The van der Waals surface area contributed by atoms with Gasteiger partial charge in [0.2, 0.25) is 5.91 Å². The van der Waals surface area contributed by atoms with E-state index in [1.807, 2.05) is 36.2 Å². The lowest BCUT2D eigenvalue weighted by Gasteiger charge is -2.42. The van der Waals surface area contributed by atoms with Gasteiger partial charge < -0.3 is 24.2 Å². The van der Waals surface area contributed by atoms with E-state index >= 15 is 0 Å². The van der Waals surface area contributed by atoms with Gasteiger partial charge in [0.25, 0.3) is 5.91 Å². The van der Waals surface area contributed by atoms with Crippen molar-refractivity contribution in [2.24, 2.45) is 0 Å². The van der Waals surface area contributed by atoms with Crippen LogP contribution in [0.4, 0.5) is 0 Å². The van der Waals surface area contributed by atoms with E-state index in [4.69, 9.17) is 9.47 Å². The van der Waals surface area contributed by atoms with Gasteiger partial charge in [-0.25, -0.2) is 0 Å². The summed E-state index contributed by atoms with van der Waals surface area (Å²) >= 11 is 0. The van der Waals surface area contributed by atoms with E-state index in [1.54, 1.807) is 12.0 Å². The van der Waals surface area contributed by atoms with Gasteiger partial charge in [0.05, 0.1) is 13.2 Å². The van der Waals surface area contributed by atoms with Crippen molar-refractivity contribution in [2.75, 3.05) is 46.9 Å². The summed E-state index contributed by atoms with van der Waals surface area (Å²) in [6.07, 6.45) is 3.78. The number of rotatable bonds is 7. The molecule has 1 saturated carbocycles. The van der Waals surface area contributed by atoms with Crippen molar-refractivity contribution in [1.29, 1.82) is 0 Å². The highest BCUT2D eigenvalue weighted by atomic mass is 16.5. The summed E-state index contributed by atoms with van der Waals surface area (Å²) in [5.74, 6) is 0.667. The summed E-state index contributed by atoms with van der Waals surface area (Å²) in [5, 5.41) is 0. The van der Waals surface area contributed by atoms with Crippen molar-refractivity contribution < 1.29 is 19.1 Å². The number of hydrogen-bond acceptors (Lipinski definition) is 5. The molecule has 2 atom stereocenters. The smallest absolute Gasteiger partial charge is 0.254 e. The van der Waals surface area contributed by atoms with Gasteiger partial charge in [-0.2, -0.15) is 0 Å². The molecule has 1 aliphatic carbocycles. The molecule has 7 heteroatoms. The van der Waals surface area contributed by atoms with E-state index in [2.05, 4.69) is 4.90 Å². The second kappa shape index (κ2) is 8.71. The van der Waals surface area contributed by atoms with Crippen molar-refractivity contribution in [2.45, 2.75) is 43.9 Å². The van der Waals surface area contributed by atoms with E-state index in [1.165, 1.54) is 12.8 Å². The molecule has 0 spiro atoms. The zero-order chi connectivity index (χ0) is 20.4. The molecule has 1 aromatic rings. The molecule has 1 aromatic carbocycles. The largest absolute Gasteiger partial charge is 0.497 e. The van der Waals surface area contributed by atoms with Crippen LogP contribution in [-0.2, 0) is 14.3 Å². The number of carbonyl (C=O) groups excluding carboxylic acids is 2. The molecule has 4 rings (SSSR count). The molecule has 29 heavy (non-hydrogen) atoms. The molecule has 0 unspecified atom stereocenters. The average Bonchev–Trinajstić information content (AvgIpc) is 3.45. The van der Waals surface area contributed by atoms with Crippen molar-refractivity contribution in [3.8, 4) is 5.75 Å². The summed E-state index contributed by atoms with van der Waals surface area (Å²) < 4.78 is 11.1. The van der Waals surface area contributed by atoms with Crippen LogP contribution in [-0.4, -0.2) is 85.6 Å². The maximum absolute atomic E-state index is 13.3. The molecular weight excluding hydrogens is 370 g/mol. The molecule has 0 aromatic heterocycles. The van der Waals surface area contributed by atoms with Gasteiger partial charge in [-0.1, -0.05) is 12.1 Å². The normalized spacial score (nSPS) is 25.3. The van der Waals surface area contributed by atoms with E-state index in [-0.39, 0.29) is 24.5 Å². The number of hydrogen-bond donors (Lipinski definition) is 0. The first-order valence-electron chi connectivity index (χ1n) is 10.6. The molecule has 3 fully saturated rings. The minimum atomic E-state index is -0.676. The zero-order valence-electron chi connectivity index (χ0n) is 17.4. The van der Waals surface area contributed by atoms with E-state index < -0.39 is 12.1 Å². The molecule has 0 bridgehead atoms. The zero-order valence-corrected chi connectivity index (χ0v) is 17.4. The van der Waals surface area contributed by atoms with Gasteiger partial charge in [0.15, 0.2) is 6.10 Å². The van der Waals surface area contributed by atoms with Gasteiger partial charge in [-0.05, 0) is 56.5 Å². The molecule has 158 valence electrons. The maximum Gasteiger partial charge on any atom is 0.254 e. The third-order valence-electron chi connectivity index (χ3n) is 6.23. The molecule has 2 heterocycles. The lowest BCUT2D eigenvalue weighted by atomic mass is 9.96. The first-order chi connectivity index (χ1) is 14.1. The van der Waals surface area contributed by atoms with Crippen LogP contribution in [0.3, 0.4) is 0 Å². The van der Waals surface area contributed by atoms with Gasteiger partial charge >= 0.3 is 0 Å². The second-order valence-electron chi connectivity index (χ2n) is 8.29. The van der Waals surface area contributed by atoms with Crippen LogP contribution in [0.5, 0.6) is 5.75 Å². The van der Waals surface area contributed by atoms with Gasteiger partial charge in [0, 0.05) is 26.2 Å². The lowest BCUT2D eigenvalue weighted by molar-refractivity contribution is -0.169. The first kappa shape index (κ1) is 20.2. The monoisotopic (exact) mass is 401 g/mol. The van der Waals surface area contributed by atoms with Crippen LogP contribution in [0, 0.1) is 0 Å². The van der Waals surface area contributed by atoms with Gasteiger partial charge in [-0.15, -0.1) is 0 Å². The van der Waals surface area contributed by atoms with Crippen LogP contribution in [0.15, 0.2) is 24.3 Å². The van der Waals surface area contributed by atoms with Crippen LogP contribution >= 0.6 is 0 Å². The predicted octanol–water partition coefficient (Wildman–Crippen LogP) is 1.68. The maximum atomic E-state index is 13.3. The fraction of sp³-hybridized carbons (Fsp3) is 0.636. The second-order valence-corrected chi connectivity index (χ2v) is 8.29. The molecule has 3 aliphatic rings. The fourth-order valence-electron chi connectivity index (χ4n) is 4.38. The summed E-state index contributed by atoms with van der Waals surface area (Å²) in [5.41, 5.74) is 0.914. The minimum Gasteiger partial charge on any atom is -0.497 e. The molecule has 7 nitrogen and oxygen atoms in total.